The van der Waals surface area contributed by atoms with Gasteiger partial charge < -0.3 is 10.1 Å². The van der Waals surface area contributed by atoms with Gasteiger partial charge in [0.25, 0.3) is 0 Å². The molecule has 0 aromatic heterocycles. The number of sulfone groups is 1. The zero-order valence-corrected chi connectivity index (χ0v) is 13.3. The number of amides is 1. The number of rotatable bonds is 5. The third kappa shape index (κ3) is 3.75. The van der Waals surface area contributed by atoms with Crippen LogP contribution in [0.15, 0.2) is 29.2 Å². The number of carbonyl (C=O) groups excluding carboxylic acids is 1. The van der Waals surface area contributed by atoms with Crippen LogP contribution in [0.4, 0.5) is 0 Å². The van der Waals surface area contributed by atoms with Crippen LogP contribution in [0.5, 0.6) is 0 Å². The molecule has 0 aliphatic carbocycles. The Balaban J connectivity index is 2.05. The molecule has 1 amide bonds. The molecule has 0 saturated carbocycles. The number of hydrogen-bond donors (Lipinski definition) is 1. The molecular formula is C14H18ClNO4S. The van der Waals surface area contributed by atoms with Crippen LogP contribution in [0.1, 0.15) is 19.8 Å². The second-order valence-electron chi connectivity index (χ2n) is 5.00. The lowest BCUT2D eigenvalue weighted by atomic mass is 10.2. The average Bonchev–Trinajstić information content (AvgIpc) is 2.97. The quantitative estimate of drug-likeness (QED) is 0.893. The van der Waals surface area contributed by atoms with Gasteiger partial charge in [-0.25, -0.2) is 8.42 Å². The fourth-order valence-corrected chi connectivity index (χ4v) is 3.98. The van der Waals surface area contributed by atoms with Gasteiger partial charge in [0.15, 0.2) is 9.84 Å². The summed E-state index contributed by atoms with van der Waals surface area (Å²) < 4.78 is 30.2. The van der Waals surface area contributed by atoms with Crippen molar-refractivity contribution in [1.29, 1.82) is 0 Å². The van der Waals surface area contributed by atoms with E-state index in [2.05, 4.69) is 5.32 Å². The van der Waals surface area contributed by atoms with E-state index in [4.69, 9.17) is 16.3 Å². The first-order chi connectivity index (χ1) is 9.93. The summed E-state index contributed by atoms with van der Waals surface area (Å²) in [6, 6.07) is 6.12. The zero-order chi connectivity index (χ0) is 15.5. The third-order valence-corrected chi connectivity index (χ3v) is 6.06. The Hall–Kier alpha value is -1.11. The minimum atomic E-state index is -3.80. The minimum Gasteiger partial charge on any atom is -0.376 e. The normalized spacial score (nSPS) is 20.2. The van der Waals surface area contributed by atoms with E-state index >= 15 is 0 Å². The van der Waals surface area contributed by atoms with E-state index < -0.39 is 21.0 Å². The maximum atomic E-state index is 12.4. The maximum Gasteiger partial charge on any atom is 0.238 e. The molecule has 1 aromatic rings. The predicted molar refractivity (Wildman–Crippen MR) is 80.1 cm³/mol. The van der Waals surface area contributed by atoms with Crippen molar-refractivity contribution >= 4 is 27.3 Å². The zero-order valence-electron chi connectivity index (χ0n) is 11.7. The van der Waals surface area contributed by atoms with Crippen LogP contribution in [-0.2, 0) is 19.4 Å². The molecule has 5 nitrogen and oxygen atoms in total. The molecule has 0 radical (unpaired) electrons. The summed E-state index contributed by atoms with van der Waals surface area (Å²) >= 11 is 5.91. The maximum absolute atomic E-state index is 12.4. The topological polar surface area (TPSA) is 72.5 Å². The molecule has 21 heavy (non-hydrogen) atoms. The molecule has 1 N–H and O–H groups in total. The van der Waals surface area contributed by atoms with E-state index in [-0.39, 0.29) is 16.0 Å². The molecule has 7 heteroatoms. The minimum absolute atomic E-state index is 0.0218. The molecule has 0 unspecified atom stereocenters. The van der Waals surface area contributed by atoms with E-state index in [0.717, 1.165) is 12.8 Å². The smallest absolute Gasteiger partial charge is 0.238 e. The molecule has 2 atom stereocenters. The summed E-state index contributed by atoms with van der Waals surface area (Å²) in [4.78, 5) is 12.0. The van der Waals surface area contributed by atoms with Crippen LogP contribution in [-0.4, -0.2) is 38.8 Å². The second-order valence-corrected chi connectivity index (χ2v) is 7.64. The Morgan fingerprint density at radius 2 is 2.19 bits per heavy atom. The molecule has 2 rings (SSSR count). The number of benzene rings is 1. The first-order valence-electron chi connectivity index (χ1n) is 6.80. The van der Waals surface area contributed by atoms with Crippen molar-refractivity contribution in [2.24, 2.45) is 0 Å². The largest absolute Gasteiger partial charge is 0.376 e. The van der Waals surface area contributed by atoms with Gasteiger partial charge in [0.2, 0.25) is 5.91 Å². The number of nitrogens with one attached hydrogen (secondary N) is 1. The van der Waals surface area contributed by atoms with Gasteiger partial charge in [0.1, 0.15) is 5.25 Å². The van der Waals surface area contributed by atoms with Crippen molar-refractivity contribution in [1.82, 2.24) is 5.32 Å². The van der Waals surface area contributed by atoms with Crippen molar-refractivity contribution < 1.29 is 17.9 Å². The highest BCUT2D eigenvalue weighted by atomic mass is 35.5. The van der Waals surface area contributed by atoms with Gasteiger partial charge in [-0.15, -0.1) is 0 Å². The number of carbonyl (C=O) groups is 1. The molecule has 0 bridgehead atoms. The van der Waals surface area contributed by atoms with E-state index in [0.29, 0.717) is 13.2 Å². The van der Waals surface area contributed by atoms with Crippen molar-refractivity contribution in [3.8, 4) is 0 Å². The lowest BCUT2D eigenvalue weighted by molar-refractivity contribution is -0.120. The highest BCUT2D eigenvalue weighted by molar-refractivity contribution is 7.92. The standard InChI is InChI=1S/C14H18ClNO4S/c1-10(14(17)16-9-11-5-4-8-20-11)21(18,19)13-7-3-2-6-12(13)15/h2-3,6-7,10-11H,4-5,8-9H2,1H3,(H,16,17)/t10-,11-/m0/s1. The van der Waals surface area contributed by atoms with Gasteiger partial charge in [-0.1, -0.05) is 23.7 Å². The Morgan fingerprint density at radius 1 is 1.48 bits per heavy atom. The highest BCUT2D eigenvalue weighted by Crippen LogP contribution is 2.24. The Bertz CT molecular complexity index is 611. The Kier molecular flexibility index (Phi) is 5.24. The predicted octanol–water partition coefficient (Wildman–Crippen LogP) is 1.80. The lowest BCUT2D eigenvalue weighted by Gasteiger charge is -2.16. The SMILES string of the molecule is C[C@@H](C(=O)NC[C@@H]1CCCO1)S(=O)(=O)c1ccccc1Cl. The molecule has 1 aliphatic heterocycles. The molecule has 116 valence electrons. The molecule has 1 heterocycles. The summed E-state index contributed by atoms with van der Waals surface area (Å²) in [6.07, 6.45) is 1.82. The van der Waals surface area contributed by atoms with Crippen molar-refractivity contribution in [3.63, 3.8) is 0 Å². The number of halogens is 1. The fraction of sp³-hybridized carbons (Fsp3) is 0.500. The van der Waals surface area contributed by atoms with Crippen LogP contribution in [0.2, 0.25) is 5.02 Å². The summed E-state index contributed by atoms with van der Waals surface area (Å²) in [5, 5.41) is 1.56. The van der Waals surface area contributed by atoms with Crippen LogP contribution < -0.4 is 5.32 Å². The number of hydrogen-bond acceptors (Lipinski definition) is 4. The summed E-state index contributed by atoms with van der Waals surface area (Å²) in [6.45, 7) is 2.39. The van der Waals surface area contributed by atoms with Gasteiger partial charge in [-0.3, -0.25) is 4.79 Å². The van der Waals surface area contributed by atoms with Crippen molar-refractivity contribution in [2.45, 2.75) is 36.0 Å². The van der Waals surface area contributed by atoms with Gasteiger partial charge >= 0.3 is 0 Å². The first-order valence-corrected chi connectivity index (χ1v) is 8.73. The van der Waals surface area contributed by atoms with Gasteiger partial charge in [-0.2, -0.15) is 0 Å². The molecular weight excluding hydrogens is 314 g/mol. The summed E-state index contributed by atoms with van der Waals surface area (Å²) in [5.74, 6) is -0.537. The first kappa shape index (κ1) is 16.3. The van der Waals surface area contributed by atoms with E-state index in [9.17, 15) is 13.2 Å². The average molecular weight is 332 g/mol. The van der Waals surface area contributed by atoms with Gasteiger partial charge in [0.05, 0.1) is 16.0 Å². The van der Waals surface area contributed by atoms with E-state index in [1.807, 2.05) is 0 Å². The van der Waals surface area contributed by atoms with Crippen molar-refractivity contribution in [2.75, 3.05) is 13.2 Å². The summed E-state index contributed by atoms with van der Waals surface area (Å²) in [5.41, 5.74) is 0. The molecule has 1 aromatic carbocycles. The Labute approximate surface area is 129 Å². The molecule has 0 spiro atoms. The van der Waals surface area contributed by atoms with Gasteiger partial charge in [-0.05, 0) is 31.9 Å². The van der Waals surface area contributed by atoms with Crippen LogP contribution in [0, 0.1) is 0 Å². The molecule has 1 fully saturated rings. The molecule has 1 saturated heterocycles. The van der Waals surface area contributed by atoms with E-state index in [1.54, 1.807) is 12.1 Å². The van der Waals surface area contributed by atoms with Crippen LogP contribution in [0.25, 0.3) is 0 Å². The highest BCUT2D eigenvalue weighted by Gasteiger charge is 2.31. The van der Waals surface area contributed by atoms with Crippen LogP contribution >= 0.6 is 11.6 Å². The lowest BCUT2D eigenvalue weighted by Crippen LogP contribution is -2.41. The molecule has 1 aliphatic rings. The van der Waals surface area contributed by atoms with Crippen LogP contribution in [0.3, 0.4) is 0 Å². The fourth-order valence-electron chi connectivity index (χ4n) is 2.17. The van der Waals surface area contributed by atoms with E-state index in [1.165, 1.54) is 19.1 Å². The number of ether oxygens (including phenoxy) is 1. The summed E-state index contributed by atoms with van der Waals surface area (Å²) in [7, 11) is -3.80. The second kappa shape index (κ2) is 6.77. The van der Waals surface area contributed by atoms with Gasteiger partial charge in [0, 0.05) is 13.2 Å². The monoisotopic (exact) mass is 331 g/mol. The third-order valence-electron chi connectivity index (χ3n) is 3.51. The Morgan fingerprint density at radius 3 is 2.81 bits per heavy atom. The van der Waals surface area contributed by atoms with Crippen molar-refractivity contribution in [3.05, 3.63) is 29.3 Å².